The summed E-state index contributed by atoms with van der Waals surface area (Å²) in [6.45, 7) is 0. The van der Waals surface area contributed by atoms with Crippen LogP contribution in [0, 0.1) is 0 Å². The first kappa shape index (κ1) is 15.6. The molecule has 3 heterocycles. The maximum Gasteiger partial charge on any atom is 0.252 e. The minimum absolute atomic E-state index is 0.269. The van der Waals surface area contributed by atoms with E-state index < -0.39 is 12.1 Å². The molecule has 3 N–H and O–H groups in total. The number of alkyl halides is 1. The predicted molar refractivity (Wildman–Crippen MR) is 93.1 cm³/mol. The number of carbonyl (C=O) groups excluding carboxylic acids is 1. The number of aromatic nitrogens is 3. The summed E-state index contributed by atoms with van der Waals surface area (Å²) >= 11 is 0. The van der Waals surface area contributed by atoms with Crippen LogP contribution in [-0.2, 0) is 0 Å². The van der Waals surface area contributed by atoms with E-state index in [2.05, 4.69) is 15.4 Å². The molecule has 0 saturated heterocycles. The van der Waals surface area contributed by atoms with Crippen molar-refractivity contribution < 1.29 is 9.18 Å². The van der Waals surface area contributed by atoms with Gasteiger partial charge in [0.1, 0.15) is 6.17 Å². The van der Waals surface area contributed by atoms with Crippen molar-refractivity contribution in [3.63, 3.8) is 0 Å². The van der Waals surface area contributed by atoms with Crippen molar-refractivity contribution in [2.24, 2.45) is 5.73 Å². The summed E-state index contributed by atoms with van der Waals surface area (Å²) in [5.74, 6) is -0.586. The lowest BCUT2D eigenvalue weighted by Crippen LogP contribution is -2.27. The van der Waals surface area contributed by atoms with Gasteiger partial charge in [0, 0.05) is 24.2 Å². The maximum absolute atomic E-state index is 14.1. The van der Waals surface area contributed by atoms with E-state index in [9.17, 15) is 9.18 Å². The number of hydrogen-bond acceptors (Lipinski definition) is 4. The fourth-order valence-corrected chi connectivity index (χ4v) is 3.36. The highest BCUT2D eigenvalue weighted by atomic mass is 19.1. The van der Waals surface area contributed by atoms with Gasteiger partial charge in [-0.1, -0.05) is 0 Å². The summed E-state index contributed by atoms with van der Waals surface area (Å²) in [5, 5.41) is 7.47. The first-order valence-corrected chi connectivity index (χ1v) is 8.25. The van der Waals surface area contributed by atoms with Crippen LogP contribution in [0.1, 0.15) is 29.6 Å². The Kier molecular flexibility index (Phi) is 3.83. The highest BCUT2D eigenvalue weighted by Crippen LogP contribution is 2.32. The number of nitrogens with zero attached hydrogens (tertiary/aromatic N) is 3. The zero-order valence-electron chi connectivity index (χ0n) is 13.5. The Labute approximate surface area is 143 Å². The lowest BCUT2D eigenvalue weighted by atomic mass is 10.1. The number of anilines is 1. The molecule has 1 amide bonds. The molecule has 2 atom stereocenters. The van der Waals surface area contributed by atoms with Gasteiger partial charge in [0.25, 0.3) is 5.91 Å². The Balaban J connectivity index is 1.83. The number of carbonyl (C=O) groups is 1. The first-order valence-electron chi connectivity index (χ1n) is 8.25. The number of fused-ring (bicyclic) bond motifs is 1. The lowest BCUT2D eigenvalue weighted by molar-refractivity contribution is 0.100. The van der Waals surface area contributed by atoms with E-state index in [4.69, 9.17) is 5.73 Å². The third-order valence-electron chi connectivity index (χ3n) is 4.68. The van der Waals surface area contributed by atoms with Crippen LogP contribution in [0.15, 0.2) is 43.0 Å². The molecule has 0 radical (unpaired) electrons. The van der Waals surface area contributed by atoms with Gasteiger partial charge >= 0.3 is 0 Å². The lowest BCUT2D eigenvalue weighted by Gasteiger charge is -2.19. The number of pyridine rings is 1. The normalized spacial score (nSPS) is 20.0. The average molecular weight is 339 g/mol. The van der Waals surface area contributed by atoms with Crippen LogP contribution in [0.2, 0.25) is 0 Å². The Morgan fingerprint density at radius 1 is 1.28 bits per heavy atom. The Hall–Kier alpha value is -2.96. The van der Waals surface area contributed by atoms with E-state index in [1.165, 1.54) is 6.20 Å². The Morgan fingerprint density at radius 2 is 2.08 bits per heavy atom. The summed E-state index contributed by atoms with van der Waals surface area (Å²) in [6.07, 6.45) is 7.88. The maximum atomic E-state index is 14.1. The monoisotopic (exact) mass is 339 g/mol. The molecule has 4 rings (SSSR count). The predicted octanol–water partition coefficient (Wildman–Crippen LogP) is 2.80. The number of primary amides is 1. The van der Waals surface area contributed by atoms with Gasteiger partial charge < -0.3 is 11.1 Å². The molecule has 0 unspecified atom stereocenters. The van der Waals surface area contributed by atoms with Crippen LogP contribution in [0.5, 0.6) is 0 Å². The van der Waals surface area contributed by atoms with Crippen molar-refractivity contribution in [1.82, 2.24) is 14.6 Å². The fraction of sp³-hybridized carbons (Fsp3) is 0.278. The van der Waals surface area contributed by atoms with Gasteiger partial charge in [-0.15, -0.1) is 0 Å². The van der Waals surface area contributed by atoms with Gasteiger partial charge in [-0.2, -0.15) is 5.10 Å². The molecule has 1 aliphatic rings. The molecule has 7 heteroatoms. The number of amides is 1. The number of rotatable bonds is 4. The van der Waals surface area contributed by atoms with Gasteiger partial charge in [-0.3, -0.25) is 9.78 Å². The van der Waals surface area contributed by atoms with Gasteiger partial charge in [0.15, 0.2) is 0 Å². The van der Waals surface area contributed by atoms with E-state index in [-0.39, 0.29) is 11.6 Å². The van der Waals surface area contributed by atoms with Gasteiger partial charge in [0.2, 0.25) is 0 Å². The fourth-order valence-electron chi connectivity index (χ4n) is 3.36. The van der Waals surface area contributed by atoms with E-state index in [0.717, 1.165) is 24.0 Å². The molecule has 3 aromatic rings. The topological polar surface area (TPSA) is 85.3 Å². The molecule has 6 nitrogen and oxygen atoms in total. The zero-order chi connectivity index (χ0) is 17.4. The summed E-state index contributed by atoms with van der Waals surface area (Å²) in [5.41, 5.74) is 8.92. The van der Waals surface area contributed by atoms with Crippen molar-refractivity contribution in [3.05, 3.63) is 48.5 Å². The van der Waals surface area contributed by atoms with Crippen molar-refractivity contribution in [2.45, 2.75) is 31.5 Å². The SMILES string of the molecule is NC(=O)c1cnn2cc(-c3ccncc3)cc2c1N[C@@H]1CCC[C@@H]1F. The molecule has 0 aliphatic heterocycles. The van der Waals surface area contributed by atoms with Crippen LogP contribution >= 0.6 is 0 Å². The minimum atomic E-state index is -0.927. The van der Waals surface area contributed by atoms with Gasteiger partial charge in [0.05, 0.1) is 29.0 Å². The second-order valence-corrected chi connectivity index (χ2v) is 6.29. The third kappa shape index (κ3) is 2.82. The smallest absolute Gasteiger partial charge is 0.252 e. The quantitative estimate of drug-likeness (QED) is 0.765. The number of halogens is 1. The zero-order valence-corrected chi connectivity index (χ0v) is 13.5. The molecular formula is C18H18FN5O. The molecule has 0 bridgehead atoms. The summed E-state index contributed by atoms with van der Waals surface area (Å²) in [7, 11) is 0. The van der Waals surface area contributed by atoms with Crippen LogP contribution in [-0.4, -0.2) is 32.7 Å². The molecule has 1 fully saturated rings. The van der Waals surface area contributed by atoms with Gasteiger partial charge in [-0.25, -0.2) is 8.91 Å². The number of hydrogen-bond donors (Lipinski definition) is 2. The minimum Gasteiger partial charge on any atom is -0.377 e. The average Bonchev–Trinajstić information content (AvgIpc) is 3.22. The molecule has 128 valence electrons. The molecular weight excluding hydrogens is 321 g/mol. The molecule has 0 aromatic carbocycles. The van der Waals surface area contributed by atoms with Crippen molar-refractivity contribution in [1.29, 1.82) is 0 Å². The van der Waals surface area contributed by atoms with Crippen molar-refractivity contribution in [3.8, 4) is 11.1 Å². The molecule has 1 aliphatic carbocycles. The molecule has 0 spiro atoms. The highest BCUT2D eigenvalue weighted by Gasteiger charge is 2.28. The van der Waals surface area contributed by atoms with E-state index in [1.54, 1.807) is 16.9 Å². The third-order valence-corrected chi connectivity index (χ3v) is 4.68. The second kappa shape index (κ2) is 6.16. The molecule has 1 saturated carbocycles. The standard InChI is InChI=1S/C18H18FN5O/c19-14-2-1-3-15(14)23-17-13(18(20)25)9-22-24-10-12(8-16(17)24)11-4-6-21-7-5-11/h4-10,14-15,23H,1-3H2,(H2,20,25)/t14-,15+/m0/s1. The van der Waals surface area contributed by atoms with Crippen molar-refractivity contribution in [2.75, 3.05) is 5.32 Å². The van der Waals surface area contributed by atoms with Crippen LogP contribution in [0.3, 0.4) is 0 Å². The largest absolute Gasteiger partial charge is 0.377 e. The highest BCUT2D eigenvalue weighted by molar-refractivity contribution is 6.02. The molecule has 25 heavy (non-hydrogen) atoms. The Bertz CT molecular complexity index is 924. The van der Waals surface area contributed by atoms with Crippen LogP contribution in [0.4, 0.5) is 10.1 Å². The van der Waals surface area contributed by atoms with E-state index >= 15 is 0 Å². The second-order valence-electron chi connectivity index (χ2n) is 6.29. The van der Waals surface area contributed by atoms with E-state index in [1.807, 2.05) is 24.4 Å². The number of nitrogens with one attached hydrogen (secondary N) is 1. The van der Waals surface area contributed by atoms with Crippen molar-refractivity contribution >= 4 is 17.1 Å². The summed E-state index contributed by atoms with van der Waals surface area (Å²) in [6, 6.07) is 5.39. The summed E-state index contributed by atoms with van der Waals surface area (Å²) < 4.78 is 15.7. The Morgan fingerprint density at radius 3 is 2.76 bits per heavy atom. The van der Waals surface area contributed by atoms with E-state index in [0.29, 0.717) is 17.6 Å². The molecule has 3 aromatic heterocycles. The number of nitrogens with two attached hydrogens (primary N) is 1. The summed E-state index contributed by atoms with van der Waals surface area (Å²) in [4.78, 5) is 15.8. The van der Waals surface area contributed by atoms with Crippen LogP contribution in [0.25, 0.3) is 16.6 Å². The van der Waals surface area contributed by atoms with Crippen LogP contribution < -0.4 is 11.1 Å². The van der Waals surface area contributed by atoms with Gasteiger partial charge in [-0.05, 0) is 43.0 Å². The first-order chi connectivity index (χ1) is 12.1.